The van der Waals surface area contributed by atoms with Gasteiger partial charge in [-0.2, -0.15) is 0 Å². The van der Waals surface area contributed by atoms with Crippen molar-refractivity contribution in [3.8, 4) is 0 Å². The molecule has 0 aliphatic carbocycles. The van der Waals surface area contributed by atoms with Crippen molar-refractivity contribution in [3.05, 3.63) is 66.2 Å². The summed E-state index contributed by atoms with van der Waals surface area (Å²) in [6, 6.07) is 18.8. The molecule has 0 unspecified atom stereocenters. The second kappa shape index (κ2) is 15.8. The van der Waals surface area contributed by atoms with E-state index in [9.17, 15) is 14.4 Å². The van der Waals surface area contributed by atoms with Crippen molar-refractivity contribution in [2.24, 2.45) is 0 Å². The summed E-state index contributed by atoms with van der Waals surface area (Å²) in [5, 5.41) is 8.18. The van der Waals surface area contributed by atoms with E-state index in [0.29, 0.717) is 5.75 Å². The number of ether oxygens (including phenoxy) is 6. The molecule has 0 radical (unpaired) electrons. The Morgan fingerprint density at radius 2 is 1.43 bits per heavy atom. The number of hydrogen-bond acceptors (Lipinski definition) is 11. The zero-order valence-electron chi connectivity index (χ0n) is 22.9. The molecule has 1 heterocycles. The highest BCUT2D eigenvalue weighted by Crippen LogP contribution is 2.37. The van der Waals surface area contributed by atoms with E-state index in [4.69, 9.17) is 68.6 Å². The number of hydrogen-bond donors (Lipinski definition) is 1. The molecule has 0 saturated carbocycles. The molecule has 0 aromatic heterocycles. The number of alkyl halides is 3. The summed E-state index contributed by atoms with van der Waals surface area (Å²) >= 11 is 19.2. The minimum absolute atomic E-state index is 0.390. The Morgan fingerprint density at radius 3 is 1.98 bits per heavy atom. The van der Waals surface area contributed by atoms with Gasteiger partial charge in [0.25, 0.3) is 3.79 Å². The van der Waals surface area contributed by atoms with E-state index >= 15 is 0 Å². The first kappa shape index (κ1) is 34.0. The van der Waals surface area contributed by atoms with Crippen LogP contribution in [0, 0.1) is 5.41 Å². The molecule has 0 amide bonds. The van der Waals surface area contributed by atoms with Gasteiger partial charge in [-0.25, -0.2) is 0 Å². The van der Waals surface area contributed by atoms with Gasteiger partial charge in [0.2, 0.25) is 12.2 Å². The van der Waals surface area contributed by atoms with Gasteiger partial charge in [-0.15, -0.1) is 11.8 Å². The standard InChI is InChI=1S/C28H30Cl3NO9S/c1-16(33)36-14-21-23(37-17(2)34)24(38-18(3)35)25(26(40-21)41-27(32)28(29,30)31)39-22(19-10-6-4-7-11-19)15-42-20-12-8-5-9-13-20/h4-13,21-26,32H,14-15H2,1-3H3/t21-,22-,23+,24+,25-,26-/m1/s1. The summed E-state index contributed by atoms with van der Waals surface area (Å²) in [4.78, 5) is 37.0. The molecule has 2 aromatic carbocycles. The second-order valence-corrected chi connectivity index (χ2v) is 12.4. The van der Waals surface area contributed by atoms with Crippen molar-refractivity contribution in [2.45, 2.75) is 66.3 Å². The quantitative estimate of drug-likeness (QED) is 0.0831. The Morgan fingerprint density at radius 1 is 0.857 bits per heavy atom. The second-order valence-electron chi connectivity index (χ2n) is 9.06. The molecule has 2 aromatic rings. The van der Waals surface area contributed by atoms with Crippen LogP contribution >= 0.6 is 46.6 Å². The molecule has 0 bridgehead atoms. The minimum Gasteiger partial charge on any atom is -0.463 e. The van der Waals surface area contributed by atoms with Gasteiger partial charge in [0.05, 0.1) is 6.10 Å². The van der Waals surface area contributed by atoms with Crippen LogP contribution in [0.25, 0.3) is 0 Å². The predicted octanol–water partition coefficient (Wildman–Crippen LogP) is 5.42. The summed E-state index contributed by atoms with van der Waals surface area (Å²) in [5.74, 6) is -2.51. The van der Waals surface area contributed by atoms with Gasteiger partial charge in [-0.1, -0.05) is 83.3 Å². The maximum absolute atomic E-state index is 12.3. The van der Waals surface area contributed by atoms with Crippen LogP contribution in [-0.4, -0.2) is 70.7 Å². The van der Waals surface area contributed by atoms with Crippen molar-refractivity contribution in [2.75, 3.05) is 12.4 Å². The summed E-state index contributed by atoms with van der Waals surface area (Å²) in [5.41, 5.74) is 0.767. The normalized spacial score (nSPS) is 22.9. The highest BCUT2D eigenvalue weighted by Gasteiger charge is 2.54. The number of benzene rings is 2. The Hall–Kier alpha value is -2.54. The van der Waals surface area contributed by atoms with Crippen LogP contribution in [0.15, 0.2) is 65.6 Å². The molecule has 14 heteroatoms. The molecule has 1 aliphatic heterocycles. The molecule has 0 spiro atoms. The molecular weight excluding hydrogens is 633 g/mol. The molecule has 1 aliphatic rings. The zero-order chi connectivity index (χ0) is 30.9. The van der Waals surface area contributed by atoms with Crippen LogP contribution in [0.4, 0.5) is 0 Å². The number of halogens is 3. The first-order chi connectivity index (χ1) is 19.8. The lowest BCUT2D eigenvalue weighted by Gasteiger charge is -2.45. The Labute approximate surface area is 262 Å². The summed E-state index contributed by atoms with van der Waals surface area (Å²) in [6.07, 6.45) is -7.35. The number of rotatable bonds is 11. The molecule has 3 rings (SSSR count). The van der Waals surface area contributed by atoms with Gasteiger partial charge in [0.1, 0.15) is 12.7 Å². The molecule has 6 atom stereocenters. The van der Waals surface area contributed by atoms with E-state index in [1.165, 1.54) is 18.7 Å². The van der Waals surface area contributed by atoms with E-state index in [0.717, 1.165) is 24.3 Å². The van der Waals surface area contributed by atoms with Crippen molar-refractivity contribution < 1.29 is 42.8 Å². The predicted molar refractivity (Wildman–Crippen MR) is 157 cm³/mol. The number of nitrogens with one attached hydrogen (secondary N) is 1. The minimum atomic E-state index is -2.27. The van der Waals surface area contributed by atoms with Crippen LogP contribution in [-0.2, 0) is 42.8 Å². The first-order valence-corrected chi connectivity index (χ1v) is 14.8. The van der Waals surface area contributed by atoms with E-state index in [2.05, 4.69) is 0 Å². The third-order valence-electron chi connectivity index (χ3n) is 5.77. The first-order valence-electron chi connectivity index (χ1n) is 12.7. The summed E-state index contributed by atoms with van der Waals surface area (Å²) < 4.78 is 32.2. The fourth-order valence-corrected chi connectivity index (χ4v) is 5.15. The van der Waals surface area contributed by atoms with Crippen molar-refractivity contribution >= 4 is 70.4 Å². The van der Waals surface area contributed by atoms with E-state index in [1.807, 2.05) is 60.7 Å². The van der Waals surface area contributed by atoms with Gasteiger partial charge < -0.3 is 28.4 Å². The van der Waals surface area contributed by atoms with Gasteiger partial charge in [0, 0.05) is 31.4 Å². The lowest BCUT2D eigenvalue weighted by Crippen LogP contribution is -2.63. The van der Waals surface area contributed by atoms with Gasteiger partial charge in [-0.05, 0) is 17.7 Å². The van der Waals surface area contributed by atoms with Crippen molar-refractivity contribution in [3.63, 3.8) is 0 Å². The van der Waals surface area contributed by atoms with E-state index in [-0.39, 0.29) is 0 Å². The van der Waals surface area contributed by atoms with Gasteiger partial charge in [0.15, 0.2) is 18.3 Å². The van der Waals surface area contributed by atoms with Crippen molar-refractivity contribution in [1.29, 1.82) is 5.41 Å². The fraction of sp³-hybridized carbons (Fsp3) is 0.429. The van der Waals surface area contributed by atoms with E-state index in [1.54, 1.807) is 0 Å². The highest BCUT2D eigenvalue weighted by atomic mass is 35.6. The molecular formula is C28H30Cl3NO9S. The maximum atomic E-state index is 12.3. The van der Waals surface area contributed by atoms with E-state index < -0.39 is 71.0 Å². The lowest BCUT2D eigenvalue weighted by molar-refractivity contribution is -0.303. The molecule has 1 fully saturated rings. The molecule has 10 nitrogen and oxygen atoms in total. The average molecular weight is 663 g/mol. The fourth-order valence-electron chi connectivity index (χ4n) is 4.05. The van der Waals surface area contributed by atoms with Crippen molar-refractivity contribution in [1.82, 2.24) is 0 Å². The highest BCUT2D eigenvalue weighted by molar-refractivity contribution is 7.99. The number of carbonyl (C=O) groups is 3. The zero-order valence-corrected chi connectivity index (χ0v) is 26.0. The molecule has 1 N–H and O–H groups in total. The number of carbonyl (C=O) groups excluding carboxylic acids is 3. The topological polar surface area (TPSA) is 130 Å². The third kappa shape index (κ3) is 10.3. The number of thioether (sulfide) groups is 1. The molecule has 1 saturated heterocycles. The van der Waals surface area contributed by atoms with Crippen LogP contribution in [0.1, 0.15) is 32.4 Å². The lowest BCUT2D eigenvalue weighted by atomic mass is 9.97. The maximum Gasteiger partial charge on any atom is 0.303 e. The Kier molecular flexibility index (Phi) is 12.8. The largest absolute Gasteiger partial charge is 0.463 e. The summed E-state index contributed by atoms with van der Waals surface area (Å²) in [6.45, 7) is 3.09. The van der Waals surface area contributed by atoms with Crippen LogP contribution in [0.2, 0.25) is 0 Å². The van der Waals surface area contributed by atoms with Crippen LogP contribution < -0.4 is 0 Å². The smallest absolute Gasteiger partial charge is 0.303 e. The van der Waals surface area contributed by atoms with Gasteiger partial charge in [-0.3, -0.25) is 19.8 Å². The number of esters is 3. The van der Waals surface area contributed by atoms with Crippen LogP contribution in [0.5, 0.6) is 0 Å². The average Bonchev–Trinajstić information content (AvgIpc) is 2.92. The van der Waals surface area contributed by atoms with Gasteiger partial charge >= 0.3 is 17.9 Å². The SMILES string of the molecule is CC(=O)OC[C@H]1O[C@H](OC(=N)C(Cl)(Cl)Cl)[C@H](O[C@H](CSc2ccccc2)c2ccccc2)[C@@H](OC(C)=O)[C@H]1OC(C)=O. The third-order valence-corrected chi connectivity index (χ3v) is 7.36. The monoisotopic (exact) mass is 661 g/mol. The molecule has 42 heavy (non-hydrogen) atoms. The Balaban J connectivity index is 2.05. The van der Waals surface area contributed by atoms with Crippen LogP contribution in [0.3, 0.4) is 0 Å². The molecule has 228 valence electrons. The Bertz CT molecular complexity index is 1220. The summed E-state index contributed by atoms with van der Waals surface area (Å²) in [7, 11) is 0.